The van der Waals surface area contributed by atoms with Crippen LogP contribution in [-0.4, -0.2) is 15.7 Å². The molecule has 0 radical (unpaired) electrons. The van der Waals surface area contributed by atoms with Gasteiger partial charge in [0.25, 0.3) is 5.91 Å². The van der Waals surface area contributed by atoms with Crippen LogP contribution in [0.4, 0.5) is 4.39 Å². The molecule has 4 aromatic rings. The lowest BCUT2D eigenvalue weighted by molar-refractivity contribution is 0.0939. The van der Waals surface area contributed by atoms with E-state index in [9.17, 15) is 9.18 Å². The molecule has 0 saturated carbocycles. The van der Waals surface area contributed by atoms with Gasteiger partial charge in [0.05, 0.1) is 23.5 Å². The highest BCUT2D eigenvalue weighted by atomic mass is 19.1. The van der Waals surface area contributed by atoms with E-state index in [1.165, 1.54) is 16.9 Å². The highest BCUT2D eigenvalue weighted by Gasteiger charge is 2.19. The molecule has 0 aliphatic rings. The van der Waals surface area contributed by atoms with E-state index < -0.39 is 0 Å². The van der Waals surface area contributed by atoms with Gasteiger partial charge in [-0.25, -0.2) is 9.07 Å². The van der Waals surface area contributed by atoms with Gasteiger partial charge in [-0.3, -0.25) is 4.79 Å². The van der Waals surface area contributed by atoms with Crippen molar-refractivity contribution >= 4 is 16.7 Å². The SMILES string of the molecule is Cc1c(C(=O)NC(C)c2ccc3ccccc3c2)cnn1-c1ccccc1F. The molecular weight excluding hydrogens is 353 g/mol. The summed E-state index contributed by atoms with van der Waals surface area (Å²) in [5.74, 6) is -0.620. The molecule has 140 valence electrons. The van der Waals surface area contributed by atoms with Gasteiger partial charge in [-0.1, -0.05) is 48.5 Å². The fourth-order valence-corrected chi connectivity index (χ4v) is 3.33. The maximum atomic E-state index is 14.1. The lowest BCUT2D eigenvalue weighted by Gasteiger charge is -2.15. The van der Waals surface area contributed by atoms with Crippen molar-refractivity contribution in [1.82, 2.24) is 15.1 Å². The van der Waals surface area contributed by atoms with Gasteiger partial charge < -0.3 is 5.32 Å². The Labute approximate surface area is 162 Å². The van der Waals surface area contributed by atoms with Gasteiger partial charge in [-0.05, 0) is 48.4 Å². The predicted octanol–water partition coefficient (Wildman–Crippen LogP) is 4.96. The second-order valence-corrected chi connectivity index (χ2v) is 6.81. The summed E-state index contributed by atoms with van der Waals surface area (Å²) in [6.45, 7) is 3.70. The van der Waals surface area contributed by atoms with Crippen LogP contribution in [0, 0.1) is 12.7 Å². The van der Waals surface area contributed by atoms with Crippen LogP contribution in [0.3, 0.4) is 0 Å². The van der Waals surface area contributed by atoms with Crippen molar-refractivity contribution in [2.24, 2.45) is 0 Å². The summed E-state index contributed by atoms with van der Waals surface area (Å²) in [7, 11) is 0. The number of fused-ring (bicyclic) bond motifs is 1. The van der Waals surface area contributed by atoms with Gasteiger partial charge in [0.1, 0.15) is 11.5 Å². The third-order valence-corrected chi connectivity index (χ3v) is 4.96. The van der Waals surface area contributed by atoms with Gasteiger partial charge in [0.2, 0.25) is 0 Å². The fraction of sp³-hybridized carbons (Fsp3) is 0.130. The number of para-hydroxylation sites is 1. The number of amides is 1. The Morgan fingerprint density at radius 2 is 1.75 bits per heavy atom. The number of carbonyl (C=O) groups is 1. The van der Waals surface area contributed by atoms with Crippen molar-refractivity contribution in [2.45, 2.75) is 19.9 Å². The first kappa shape index (κ1) is 17.9. The lowest BCUT2D eigenvalue weighted by atomic mass is 10.0. The molecule has 1 atom stereocenters. The Kier molecular flexibility index (Phi) is 4.65. The molecule has 28 heavy (non-hydrogen) atoms. The van der Waals surface area contributed by atoms with E-state index in [1.54, 1.807) is 25.1 Å². The first-order valence-electron chi connectivity index (χ1n) is 9.13. The lowest BCUT2D eigenvalue weighted by Crippen LogP contribution is -2.27. The summed E-state index contributed by atoms with van der Waals surface area (Å²) in [5, 5.41) is 9.50. The Bertz CT molecular complexity index is 1170. The van der Waals surface area contributed by atoms with E-state index in [0.29, 0.717) is 16.9 Å². The molecule has 3 aromatic carbocycles. The van der Waals surface area contributed by atoms with Crippen molar-refractivity contribution < 1.29 is 9.18 Å². The highest BCUT2D eigenvalue weighted by molar-refractivity contribution is 5.95. The quantitative estimate of drug-likeness (QED) is 0.549. The second-order valence-electron chi connectivity index (χ2n) is 6.81. The molecule has 1 amide bonds. The number of rotatable bonds is 4. The standard InChI is InChI=1S/C23H20FN3O/c1-15(18-12-11-17-7-3-4-8-19(17)13-18)26-23(28)20-14-25-27(16(20)2)22-10-6-5-9-21(22)24/h3-15H,1-2H3,(H,26,28). The largest absolute Gasteiger partial charge is 0.345 e. The van der Waals surface area contributed by atoms with Gasteiger partial charge in [-0.2, -0.15) is 5.10 Å². The van der Waals surface area contributed by atoms with E-state index in [0.717, 1.165) is 16.3 Å². The average Bonchev–Trinajstić information content (AvgIpc) is 3.09. The minimum Gasteiger partial charge on any atom is -0.345 e. The zero-order valence-electron chi connectivity index (χ0n) is 15.7. The smallest absolute Gasteiger partial charge is 0.255 e. The van der Waals surface area contributed by atoms with Crippen molar-refractivity contribution in [3.05, 3.63) is 95.6 Å². The molecule has 0 fully saturated rings. The number of carbonyl (C=O) groups excluding carboxylic acids is 1. The van der Waals surface area contributed by atoms with Gasteiger partial charge in [0.15, 0.2) is 0 Å². The summed E-state index contributed by atoms with van der Waals surface area (Å²) in [6, 6.07) is 20.4. The van der Waals surface area contributed by atoms with E-state index in [-0.39, 0.29) is 17.8 Å². The molecule has 0 aliphatic carbocycles. The Morgan fingerprint density at radius 1 is 1.04 bits per heavy atom. The van der Waals surface area contributed by atoms with E-state index in [1.807, 2.05) is 25.1 Å². The molecule has 5 heteroatoms. The summed E-state index contributed by atoms with van der Waals surface area (Å²) < 4.78 is 15.5. The Balaban J connectivity index is 1.57. The first-order chi connectivity index (χ1) is 13.5. The van der Waals surface area contributed by atoms with E-state index >= 15 is 0 Å². The van der Waals surface area contributed by atoms with Crippen LogP contribution in [0.25, 0.3) is 16.5 Å². The van der Waals surface area contributed by atoms with Crippen molar-refractivity contribution in [1.29, 1.82) is 0 Å². The van der Waals surface area contributed by atoms with Gasteiger partial charge in [-0.15, -0.1) is 0 Å². The molecular formula is C23H20FN3O. The minimum absolute atomic E-state index is 0.173. The Hall–Kier alpha value is -3.47. The molecule has 1 aromatic heterocycles. The molecule has 4 nitrogen and oxygen atoms in total. The number of benzene rings is 3. The normalized spacial score (nSPS) is 12.1. The number of nitrogens with zero attached hydrogens (tertiary/aromatic N) is 2. The summed E-state index contributed by atoms with van der Waals surface area (Å²) in [5.41, 5.74) is 2.36. The van der Waals surface area contributed by atoms with Crippen LogP contribution in [0.5, 0.6) is 0 Å². The molecule has 0 saturated heterocycles. The number of aromatic nitrogens is 2. The van der Waals surface area contributed by atoms with Crippen molar-refractivity contribution in [3.8, 4) is 5.69 Å². The molecule has 4 rings (SSSR count). The fourth-order valence-electron chi connectivity index (χ4n) is 3.33. The Morgan fingerprint density at radius 3 is 2.54 bits per heavy atom. The third kappa shape index (κ3) is 3.27. The number of hydrogen-bond donors (Lipinski definition) is 1. The van der Waals surface area contributed by atoms with Gasteiger partial charge in [0, 0.05) is 0 Å². The maximum absolute atomic E-state index is 14.1. The zero-order chi connectivity index (χ0) is 19.7. The topological polar surface area (TPSA) is 46.9 Å². The predicted molar refractivity (Wildman–Crippen MR) is 108 cm³/mol. The van der Waals surface area contributed by atoms with Crippen molar-refractivity contribution in [3.63, 3.8) is 0 Å². The van der Waals surface area contributed by atoms with Crippen LogP contribution < -0.4 is 5.32 Å². The first-order valence-corrected chi connectivity index (χ1v) is 9.13. The summed E-state index contributed by atoms with van der Waals surface area (Å²) >= 11 is 0. The summed E-state index contributed by atoms with van der Waals surface area (Å²) in [6.07, 6.45) is 1.48. The van der Waals surface area contributed by atoms with E-state index in [2.05, 4.69) is 34.7 Å². The van der Waals surface area contributed by atoms with Crippen molar-refractivity contribution in [2.75, 3.05) is 0 Å². The molecule has 0 bridgehead atoms. The molecule has 1 N–H and O–H groups in total. The number of hydrogen-bond acceptors (Lipinski definition) is 2. The van der Waals surface area contributed by atoms with Crippen LogP contribution in [-0.2, 0) is 0 Å². The molecule has 0 aliphatic heterocycles. The maximum Gasteiger partial charge on any atom is 0.255 e. The molecule has 1 heterocycles. The third-order valence-electron chi connectivity index (χ3n) is 4.96. The highest BCUT2D eigenvalue weighted by Crippen LogP contribution is 2.22. The minimum atomic E-state index is -0.384. The van der Waals surface area contributed by atoms with Gasteiger partial charge >= 0.3 is 0 Å². The molecule has 0 spiro atoms. The number of halogens is 1. The monoisotopic (exact) mass is 373 g/mol. The molecule has 1 unspecified atom stereocenters. The average molecular weight is 373 g/mol. The van der Waals surface area contributed by atoms with Crippen LogP contribution in [0.15, 0.2) is 72.9 Å². The second kappa shape index (κ2) is 7.27. The zero-order valence-corrected chi connectivity index (χ0v) is 15.7. The summed E-state index contributed by atoms with van der Waals surface area (Å²) in [4.78, 5) is 12.8. The van der Waals surface area contributed by atoms with Crippen LogP contribution >= 0.6 is 0 Å². The van der Waals surface area contributed by atoms with E-state index in [4.69, 9.17) is 0 Å². The number of nitrogens with one attached hydrogen (secondary N) is 1. The van der Waals surface area contributed by atoms with Crippen LogP contribution in [0.1, 0.15) is 34.6 Å². The van der Waals surface area contributed by atoms with Crippen LogP contribution in [0.2, 0.25) is 0 Å².